The monoisotopic (exact) mass is 240 g/mol. The Labute approximate surface area is 98.6 Å². The zero-order valence-corrected chi connectivity index (χ0v) is 9.53. The molecule has 86 valence electrons. The van der Waals surface area contributed by atoms with Crippen LogP contribution in [0.4, 0.5) is 0 Å². The van der Waals surface area contributed by atoms with Gasteiger partial charge in [0.2, 0.25) is 0 Å². The number of benzene rings is 1. The molecular weight excluding hydrogens is 228 g/mol. The summed E-state index contributed by atoms with van der Waals surface area (Å²) < 4.78 is 0. The fourth-order valence-electron chi connectivity index (χ4n) is 2.07. The number of rotatable bonds is 2. The molecule has 0 saturated carbocycles. The summed E-state index contributed by atoms with van der Waals surface area (Å²) in [6, 6.07) is 6.77. The van der Waals surface area contributed by atoms with Crippen LogP contribution in [0, 0.1) is 0 Å². The third-order valence-corrected chi connectivity index (χ3v) is 3.14. The normalized spacial score (nSPS) is 29.2. The van der Waals surface area contributed by atoms with E-state index in [1.165, 1.54) is 0 Å². The van der Waals surface area contributed by atoms with Gasteiger partial charge in [0.15, 0.2) is 0 Å². The number of carbonyl (C=O) groups is 1. The zero-order valence-electron chi connectivity index (χ0n) is 8.77. The summed E-state index contributed by atoms with van der Waals surface area (Å²) in [5.41, 5.74) is 6.71. The Bertz CT molecular complexity index is 393. The van der Waals surface area contributed by atoms with Crippen molar-refractivity contribution >= 4 is 17.6 Å². The van der Waals surface area contributed by atoms with Crippen LogP contribution in [0.15, 0.2) is 24.3 Å². The third-order valence-electron chi connectivity index (χ3n) is 2.89. The molecule has 1 aromatic carbocycles. The lowest BCUT2D eigenvalue weighted by molar-refractivity contribution is -0.139. The van der Waals surface area contributed by atoms with E-state index in [1.54, 1.807) is 12.1 Å². The molecule has 16 heavy (non-hydrogen) atoms. The number of carboxylic acids is 1. The lowest BCUT2D eigenvalue weighted by atomic mass is 9.88. The summed E-state index contributed by atoms with van der Waals surface area (Å²) in [4.78, 5) is 11.1. The Morgan fingerprint density at radius 3 is 2.50 bits per heavy atom. The molecule has 1 fully saturated rings. The highest BCUT2D eigenvalue weighted by Gasteiger charge is 2.38. The highest BCUT2D eigenvalue weighted by molar-refractivity contribution is 6.30. The fraction of sp³-hybridized carbons (Fsp3) is 0.364. The van der Waals surface area contributed by atoms with Gasteiger partial charge < -0.3 is 5.11 Å². The molecule has 1 aliphatic heterocycles. The van der Waals surface area contributed by atoms with Gasteiger partial charge >= 0.3 is 5.97 Å². The Kier molecular flexibility index (Phi) is 3.14. The molecule has 1 heterocycles. The smallest absolute Gasteiger partial charge is 0.322 e. The van der Waals surface area contributed by atoms with Crippen molar-refractivity contribution in [3.05, 3.63) is 34.9 Å². The molecular formula is C11H13ClN2O2. The van der Waals surface area contributed by atoms with Crippen LogP contribution in [0.25, 0.3) is 0 Å². The van der Waals surface area contributed by atoms with Crippen LogP contribution < -0.4 is 10.9 Å². The molecule has 0 spiro atoms. The maximum atomic E-state index is 11.1. The summed E-state index contributed by atoms with van der Waals surface area (Å²) in [7, 11) is 0. The van der Waals surface area contributed by atoms with Gasteiger partial charge in [0.1, 0.15) is 6.04 Å². The van der Waals surface area contributed by atoms with E-state index in [9.17, 15) is 4.79 Å². The SMILES string of the molecule is CC1NNC(C(=O)O)C1c1ccc(Cl)cc1. The molecule has 0 bridgehead atoms. The zero-order chi connectivity index (χ0) is 11.7. The first kappa shape index (κ1) is 11.4. The van der Waals surface area contributed by atoms with Crippen molar-refractivity contribution in [3.63, 3.8) is 0 Å². The van der Waals surface area contributed by atoms with Gasteiger partial charge in [-0.1, -0.05) is 23.7 Å². The predicted molar refractivity (Wildman–Crippen MR) is 61.4 cm³/mol. The highest BCUT2D eigenvalue weighted by atomic mass is 35.5. The molecule has 5 heteroatoms. The first-order valence-electron chi connectivity index (χ1n) is 5.09. The van der Waals surface area contributed by atoms with Crippen LogP contribution >= 0.6 is 11.6 Å². The predicted octanol–water partition coefficient (Wildman–Crippen LogP) is 1.37. The molecule has 2 rings (SSSR count). The van der Waals surface area contributed by atoms with E-state index in [-0.39, 0.29) is 12.0 Å². The third kappa shape index (κ3) is 2.04. The van der Waals surface area contributed by atoms with Gasteiger partial charge in [0.05, 0.1) is 0 Å². The van der Waals surface area contributed by atoms with Gasteiger partial charge in [-0.2, -0.15) is 0 Å². The second-order valence-electron chi connectivity index (χ2n) is 3.97. The Hall–Kier alpha value is -1.10. The number of aliphatic carboxylic acids is 1. The van der Waals surface area contributed by atoms with E-state index in [2.05, 4.69) is 10.9 Å². The Morgan fingerprint density at radius 2 is 1.94 bits per heavy atom. The van der Waals surface area contributed by atoms with Gasteiger partial charge in [0, 0.05) is 17.0 Å². The van der Waals surface area contributed by atoms with Crippen molar-refractivity contribution < 1.29 is 9.90 Å². The molecule has 0 aromatic heterocycles. The molecule has 4 nitrogen and oxygen atoms in total. The van der Waals surface area contributed by atoms with Gasteiger partial charge in [-0.3, -0.25) is 10.2 Å². The summed E-state index contributed by atoms with van der Waals surface area (Å²) in [6.07, 6.45) is 0. The second-order valence-corrected chi connectivity index (χ2v) is 4.41. The minimum absolute atomic E-state index is 0.0716. The van der Waals surface area contributed by atoms with E-state index in [0.29, 0.717) is 5.02 Å². The van der Waals surface area contributed by atoms with Gasteiger partial charge in [-0.15, -0.1) is 0 Å². The van der Waals surface area contributed by atoms with Crippen LogP contribution in [0.3, 0.4) is 0 Å². The van der Waals surface area contributed by atoms with Crippen molar-refractivity contribution in [1.29, 1.82) is 0 Å². The molecule has 0 amide bonds. The van der Waals surface area contributed by atoms with Crippen molar-refractivity contribution in [2.45, 2.75) is 24.9 Å². The summed E-state index contributed by atoms with van der Waals surface area (Å²) in [5, 5.41) is 9.74. The standard InChI is InChI=1S/C11H13ClN2O2/c1-6-9(10(11(15)16)14-13-6)7-2-4-8(12)5-3-7/h2-6,9-10,13-14H,1H3,(H,15,16). The molecule has 0 aliphatic carbocycles. The van der Waals surface area contributed by atoms with Crippen LogP contribution in [0.5, 0.6) is 0 Å². The highest BCUT2D eigenvalue weighted by Crippen LogP contribution is 2.28. The molecule has 0 radical (unpaired) electrons. The number of carboxylic acid groups (broad SMARTS) is 1. The van der Waals surface area contributed by atoms with Crippen molar-refractivity contribution in [3.8, 4) is 0 Å². The van der Waals surface area contributed by atoms with E-state index in [1.807, 2.05) is 19.1 Å². The minimum Gasteiger partial charge on any atom is -0.480 e. The molecule has 3 unspecified atom stereocenters. The quantitative estimate of drug-likeness (QED) is 0.731. The van der Waals surface area contributed by atoms with Crippen LogP contribution in [0.1, 0.15) is 18.4 Å². The van der Waals surface area contributed by atoms with E-state index in [4.69, 9.17) is 16.7 Å². The number of halogens is 1. The number of hydrogen-bond donors (Lipinski definition) is 3. The minimum atomic E-state index is -0.850. The van der Waals surface area contributed by atoms with E-state index in [0.717, 1.165) is 5.56 Å². The van der Waals surface area contributed by atoms with Crippen LogP contribution in [0.2, 0.25) is 5.02 Å². The maximum absolute atomic E-state index is 11.1. The molecule has 3 N–H and O–H groups in total. The van der Waals surface area contributed by atoms with E-state index >= 15 is 0 Å². The van der Waals surface area contributed by atoms with Crippen molar-refractivity contribution in [1.82, 2.24) is 10.9 Å². The Morgan fingerprint density at radius 1 is 1.31 bits per heavy atom. The first-order valence-corrected chi connectivity index (χ1v) is 5.46. The summed E-state index contributed by atoms with van der Waals surface area (Å²) >= 11 is 5.81. The molecule has 3 atom stereocenters. The van der Waals surface area contributed by atoms with Crippen molar-refractivity contribution in [2.75, 3.05) is 0 Å². The van der Waals surface area contributed by atoms with Gasteiger partial charge in [-0.25, -0.2) is 5.43 Å². The van der Waals surface area contributed by atoms with Gasteiger partial charge in [-0.05, 0) is 24.6 Å². The van der Waals surface area contributed by atoms with Crippen molar-refractivity contribution in [2.24, 2.45) is 0 Å². The molecule has 1 saturated heterocycles. The summed E-state index contributed by atoms with van der Waals surface area (Å²) in [6.45, 7) is 1.95. The van der Waals surface area contributed by atoms with Gasteiger partial charge in [0.25, 0.3) is 0 Å². The topological polar surface area (TPSA) is 61.4 Å². The average molecular weight is 241 g/mol. The number of hydrogen-bond acceptors (Lipinski definition) is 3. The van der Waals surface area contributed by atoms with Crippen LogP contribution in [-0.4, -0.2) is 23.2 Å². The Balaban J connectivity index is 2.29. The summed E-state index contributed by atoms with van der Waals surface area (Å²) in [5.74, 6) is -0.938. The fourth-order valence-corrected chi connectivity index (χ4v) is 2.20. The lowest BCUT2D eigenvalue weighted by Gasteiger charge is -2.18. The maximum Gasteiger partial charge on any atom is 0.322 e. The lowest BCUT2D eigenvalue weighted by Crippen LogP contribution is -2.38. The second kappa shape index (κ2) is 4.41. The first-order chi connectivity index (χ1) is 7.59. The van der Waals surface area contributed by atoms with Crippen LogP contribution in [-0.2, 0) is 4.79 Å². The van der Waals surface area contributed by atoms with E-state index < -0.39 is 12.0 Å². The molecule has 1 aliphatic rings. The number of hydrazine groups is 1. The largest absolute Gasteiger partial charge is 0.480 e. The molecule has 1 aromatic rings. The number of nitrogens with one attached hydrogen (secondary N) is 2. The average Bonchev–Trinajstić information content (AvgIpc) is 2.62.